The van der Waals surface area contributed by atoms with Crippen molar-refractivity contribution in [3.8, 4) is 0 Å². The lowest BCUT2D eigenvalue weighted by Gasteiger charge is -2.21. The van der Waals surface area contributed by atoms with Crippen LogP contribution < -0.4 is 10.2 Å². The van der Waals surface area contributed by atoms with Crippen LogP contribution in [0.5, 0.6) is 0 Å². The zero-order chi connectivity index (χ0) is 13.0. The fraction of sp³-hybridized carbons (Fsp3) is 0.333. The van der Waals surface area contributed by atoms with E-state index in [2.05, 4.69) is 59.2 Å². The first kappa shape index (κ1) is 13.1. The van der Waals surface area contributed by atoms with Crippen LogP contribution in [0.2, 0.25) is 0 Å². The van der Waals surface area contributed by atoms with Crippen LogP contribution in [0.3, 0.4) is 0 Å². The molecule has 0 bridgehead atoms. The van der Waals surface area contributed by atoms with Gasteiger partial charge in [-0.15, -0.1) is 0 Å². The highest BCUT2D eigenvalue weighted by Crippen LogP contribution is 2.22. The van der Waals surface area contributed by atoms with Crippen molar-refractivity contribution in [2.75, 3.05) is 19.0 Å². The molecular weight excluding hydrogens is 240 g/mol. The third-order valence-corrected chi connectivity index (χ3v) is 3.79. The molecular formula is C15H20N2S. The third kappa shape index (κ3) is 3.12. The van der Waals surface area contributed by atoms with Crippen LogP contribution in [-0.4, -0.2) is 14.1 Å². The first-order chi connectivity index (χ1) is 8.70. The van der Waals surface area contributed by atoms with E-state index in [0.717, 1.165) is 13.1 Å². The van der Waals surface area contributed by atoms with Gasteiger partial charge in [0.05, 0.1) is 0 Å². The minimum atomic E-state index is 0.926. The highest BCUT2D eigenvalue weighted by molar-refractivity contribution is 7.07. The molecule has 0 atom stereocenters. The van der Waals surface area contributed by atoms with E-state index in [1.54, 1.807) is 11.3 Å². The number of rotatable bonds is 5. The molecule has 1 N–H and O–H groups in total. The minimum Gasteiger partial charge on any atom is -0.370 e. The van der Waals surface area contributed by atoms with Crippen molar-refractivity contribution < 1.29 is 0 Å². The van der Waals surface area contributed by atoms with E-state index < -0.39 is 0 Å². The molecule has 2 nitrogen and oxygen atoms in total. The summed E-state index contributed by atoms with van der Waals surface area (Å²) in [6, 6.07) is 8.86. The Balaban J connectivity index is 2.12. The monoisotopic (exact) mass is 260 g/mol. The highest BCUT2D eigenvalue weighted by atomic mass is 32.1. The molecule has 0 fully saturated rings. The van der Waals surface area contributed by atoms with Gasteiger partial charge < -0.3 is 10.2 Å². The molecule has 0 unspecified atom stereocenters. The van der Waals surface area contributed by atoms with E-state index in [0.29, 0.717) is 0 Å². The van der Waals surface area contributed by atoms with Crippen molar-refractivity contribution in [3.05, 3.63) is 51.7 Å². The summed E-state index contributed by atoms with van der Waals surface area (Å²) >= 11 is 1.76. The van der Waals surface area contributed by atoms with Gasteiger partial charge in [-0.2, -0.15) is 11.3 Å². The molecule has 2 aromatic rings. The van der Waals surface area contributed by atoms with E-state index in [-0.39, 0.29) is 0 Å². The van der Waals surface area contributed by atoms with Crippen LogP contribution in [0.15, 0.2) is 35.0 Å². The maximum Gasteiger partial charge on any atom is 0.0434 e. The molecule has 1 aromatic heterocycles. The van der Waals surface area contributed by atoms with Gasteiger partial charge in [-0.3, -0.25) is 0 Å². The molecule has 3 heteroatoms. The normalized spacial score (nSPS) is 10.6. The van der Waals surface area contributed by atoms with Crippen molar-refractivity contribution in [2.45, 2.75) is 20.0 Å². The van der Waals surface area contributed by atoms with Crippen molar-refractivity contribution >= 4 is 17.0 Å². The first-order valence-corrected chi connectivity index (χ1v) is 7.11. The average Bonchev–Trinajstić information content (AvgIpc) is 2.82. The smallest absolute Gasteiger partial charge is 0.0434 e. The number of aryl methyl sites for hydroxylation is 1. The Morgan fingerprint density at radius 2 is 2.06 bits per heavy atom. The summed E-state index contributed by atoms with van der Waals surface area (Å²) in [7, 11) is 4.13. The van der Waals surface area contributed by atoms with E-state index >= 15 is 0 Å². The number of nitrogens with one attached hydrogen (secondary N) is 1. The van der Waals surface area contributed by atoms with Crippen LogP contribution in [-0.2, 0) is 13.1 Å². The average molecular weight is 260 g/mol. The van der Waals surface area contributed by atoms with Gasteiger partial charge in [0, 0.05) is 25.8 Å². The summed E-state index contributed by atoms with van der Waals surface area (Å²) in [5.41, 5.74) is 5.35. The topological polar surface area (TPSA) is 15.3 Å². The fourth-order valence-corrected chi connectivity index (χ4v) is 2.86. The lowest BCUT2D eigenvalue weighted by Crippen LogP contribution is -2.17. The molecule has 0 spiro atoms. The van der Waals surface area contributed by atoms with Crippen molar-refractivity contribution in [1.82, 2.24) is 5.32 Å². The van der Waals surface area contributed by atoms with E-state index in [1.807, 2.05) is 7.05 Å². The van der Waals surface area contributed by atoms with Crippen LogP contribution in [0, 0.1) is 6.92 Å². The molecule has 18 heavy (non-hydrogen) atoms. The zero-order valence-corrected chi connectivity index (χ0v) is 12.1. The SMILES string of the molecule is CNCc1ccc(N(C)Cc2ccsc2)c(C)c1. The maximum atomic E-state index is 3.18. The van der Waals surface area contributed by atoms with Gasteiger partial charge in [-0.25, -0.2) is 0 Å². The second kappa shape index (κ2) is 6.03. The Bertz CT molecular complexity index is 491. The number of thiophene rings is 1. The van der Waals surface area contributed by atoms with Gasteiger partial charge >= 0.3 is 0 Å². The summed E-state index contributed by atoms with van der Waals surface area (Å²) in [5, 5.41) is 7.52. The number of anilines is 1. The fourth-order valence-electron chi connectivity index (χ4n) is 2.20. The third-order valence-electron chi connectivity index (χ3n) is 3.05. The van der Waals surface area contributed by atoms with Gasteiger partial charge in [-0.05, 0) is 53.6 Å². The van der Waals surface area contributed by atoms with Crippen molar-refractivity contribution in [1.29, 1.82) is 0 Å². The summed E-state index contributed by atoms with van der Waals surface area (Å²) in [6.07, 6.45) is 0. The first-order valence-electron chi connectivity index (χ1n) is 6.17. The Morgan fingerprint density at radius 3 is 2.67 bits per heavy atom. The summed E-state index contributed by atoms with van der Waals surface area (Å²) in [5.74, 6) is 0. The summed E-state index contributed by atoms with van der Waals surface area (Å²) < 4.78 is 0. The van der Waals surface area contributed by atoms with Crippen LogP contribution in [0.1, 0.15) is 16.7 Å². The van der Waals surface area contributed by atoms with Gasteiger partial charge in [0.1, 0.15) is 0 Å². The van der Waals surface area contributed by atoms with Gasteiger partial charge in [0.25, 0.3) is 0 Å². The van der Waals surface area contributed by atoms with Crippen LogP contribution in [0.4, 0.5) is 5.69 Å². The van der Waals surface area contributed by atoms with Crippen LogP contribution >= 0.6 is 11.3 Å². The Morgan fingerprint density at radius 1 is 1.22 bits per heavy atom. The Labute approximate surface area is 113 Å². The number of hydrogen-bond acceptors (Lipinski definition) is 3. The van der Waals surface area contributed by atoms with Gasteiger partial charge in [-0.1, -0.05) is 12.1 Å². The second-order valence-electron chi connectivity index (χ2n) is 4.64. The molecule has 0 saturated carbocycles. The quantitative estimate of drug-likeness (QED) is 0.886. The molecule has 0 radical (unpaired) electrons. The molecule has 96 valence electrons. The van der Waals surface area contributed by atoms with Crippen LogP contribution in [0.25, 0.3) is 0 Å². The van der Waals surface area contributed by atoms with Crippen molar-refractivity contribution in [3.63, 3.8) is 0 Å². The van der Waals surface area contributed by atoms with E-state index in [1.165, 1.54) is 22.4 Å². The Hall–Kier alpha value is -1.32. The molecule has 0 aliphatic rings. The van der Waals surface area contributed by atoms with E-state index in [4.69, 9.17) is 0 Å². The van der Waals surface area contributed by atoms with Gasteiger partial charge in [0.15, 0.2) is 0 Å². The summed E-state index contributed by atoms with van der Waals surface area (Å²) in [6.45, 7) is 4.07. The zero-order valence-electron chi connectivity index (χ0n) is 11.2. The molecule has 0 amide bonds. The molecule has 0 aliphatic carbocycles. The molecule has 1 aromatic carbocycles. The predicted octanol–water partition coefficient (Wildman–Crippen LogP) is 3.41. The highest BCUT2D eigenvalue weighted by Gasteiger charge is 2.06. The lowest BCUT2D eigenvalue weighted by atomic mass is 10.1. The summed E-state index contributed by atoms with van der Waals surface area (Å²) in [4.78, 5) is 2.31. The Kier molecular flexibility index (Phi) is 4.39. The maximum absolute atomic E-state index is 3.18. The number of hydrogen-bond donors (Lipinski definition) is 1. The van der Waals surface area contributed by atoms with E-state index in [9.17, 15) is 0 Å². The molecule has 1 heterocycles. The number of nitrogens with zero attached hydrogens (tertiary/aromatic N) is 1. The number of benzene rings is 1. The second-order valence-corrected chi connectivity index (χ2v) is 5.42. The molecule has 0 saturated heterocycles. The largest absolute Gasteiger partial charge is 0.370 e. The molecule has 0 aliphatic heterocycles. The minimum absolute atomic E-state index is 0.926. The van der Waals surface area contributed by atoms with Crippen molar-refractivity contribution in [2.24, 2.45) is 0 Å². The predicted molar refractivity (Wildman–Crippen MR) is 80.4 cm³/mol. The standard InChI is InChI=1S/C15H20N2S/c1-12-8-13(9-16-2)4-5-15(12)17(3)10-14-6-7-18-11-14/h4-8,11,16H,9-10H2,1-3H3. The molecule has 2 rings (SSSR count). The lowest BCUT2D eigenvalue weighted by molar-refractivity contribution is 0.816. The van der Waals surface area contributed by atoms with Gasteiger partial charge in [0.2, 0.25) is 0 Å².